The molecule has 0 aliphatic heterocycles. The van der Waals surface area contributed by atoms with Crippen LogP contribution in [0.1, 0.15) is 30.2 Å². The van der Waals surface area contributed by atoms with Crippen molar-refractivity contribution >= 4 is 17.2 Å². The molecule has 1 heterocycles. The summed E-state index contributed by atoms with van der Waals surface area (Å²) in [4.78, 5) is 14.7. The van der Waals surface area contributed by atoms with Gasteiger partial charge in [0, 0.05) is 18.3 Å². The Balaban J connectivity index is 2.43. The molecule has 4 heteroatoms. The summed E-state index contributed by atoms with van der Waals surface area (Å²) in [7, 11) is 1.81. The predicted octanol–water partition coefficient (Wildman–Crippen LogP) is 2.18. The van der Waals surface area contributed by atoms with E-state index in [9.17, 15) is 4.79 Å². The smallest absolute Gasteiger partial charge is 0.222 e. The zero-order valence-electron chi connectivity index (χ0n) is 10.1. The zero-order valence-corrected chi connectivity index (χ0v) is 10.9. The van der Waals surface area contributed by atoms with Crippen molar-refractivity contribution in [1.29, 1.82) is 0 Å². The number of carbonyl (C=O) groups excluding carboxylic acids is 1. The van der Waals surface area contributed by atoms with Gasteiger partial charge in [0.15, 0.2) is 0 Å². The highest BCUT2D eigenvalue weighted by Crippen LogP contribution is 2.17. The van der Waals surface area contributed by atoms with Gasteiger partial charge >= 0.3 is 0 Å². The number of aryl methyl sites for hydroxylation is 1. The highest BCUT2D eigenvalue weighted by molar-refractivity contribution is 7.10. The predicted molar refractivity (Wildman–Crippen MR) is 66.4 cm³/mol. The summed E-state index contributed by atoms with van der Waals surface area (Å²) < 4.78 is 0. The highest BCUT2D eigenvalue weighted by atomic mass is 32.1. The molecule has 0 saturated carbocycles. The van der Waals surface area contributed by atoms with Gasteiger partial charge in [-0.15, -0.1) is 11.3 Å². The van der Waals surface area contributed by atoms with E-state index >= 15 is 0 Å². The number of rotatable bonds is 5. The Kier molecular flexibility index (Phi) is 4.96. The van der Waals surface area contributed by atoms with E-state index in [0.717, 1.165) is 0 Å². The van der Waals surface area contributed by atoms with Crippen LogP contribution in [0, 0.1) is 6.92 Å². The van der Waals surface area contributed by atoms with Gasteiger partial charge in [-0.2, -0.15) is 0 Å². The van der Waals surface area contributed by atoms with Gasteiger partial charge < -0.3 is 10.0 Å². The number of carbonyl (C=O) groups is 1. The maximum atomic E-state index is 11.7. The molecule has 1 rings (SSSR count). The lowest BCUT2D eigenvalue weighted by atomic mass is 10.2. The Morgan fingerprint density at radius 2 is 2.31 bits per heavy atom. The van der Waals surface area contributed by atoms with E-state index in [-0.39, 0.29) is 5.91 Å². The van der Waals surface area contributed by atoms with Crippen LogP contribution >= 0.6 is 11.3 Å². The molecule has 0 aliphatic rings. The second-order valence-corrected chi connectivity index (χ2v) is 5.16. The zero-order chi connectivity index (χ0) is 12.1. The maximum Gasteiger partial charge on any atom is 0.222 e. The van der Waals surface area contributed by atoms with Crippen molar-refractivity contribution in [2.45, 2.75) is 39.3 Å². The average molecular weight is 241 g/mol. The van der Waals surface area contributed by atoms with Crippen molar-refractivity contribution in [3.63, 3.8) is 0 Å². The number of nitrogens with zero attached hydrogens (tertiary/aromatic N) is 1. The average Bonchev–Trinajstić information content (AvgIpc) is 2.60. The molecule has 1 atom stereocenters. The lowest BCUT2D eigenvalue weighted by Crippen LogP contribution is -2.26. The molecule has 0 spiro atoms. The number of thiophene rings is 1. The van der Waals surface area contributed by atoms with Gasteiger partial charge in [-0.1, -0.05) is 0 Å². The first-order valence-corrected chi connectivity index (χ1v) is 6.33. The quantitative estimate of drug-likeness (QED) is 0.858. The highest BCUT2D eigenvalue weighted by Gasteiger charge is 2.11. The molecule has 0 aromatic carbocycles. The number of hydrogen-bond acceptors (Lipinski definition) is 3. The summed E-state index contributed by atoms with van der Waals surface area (Å²) in [6.45, 7) is 4.43. The molecule has 1 aromatic rings. The second-order valence-electron chi connectivity index (χ2n) is 4.16. The minimum Gasteiger partial charge on any atom is -0.393 e. The van der Waals surface area contributed by atoms with E-state index in [1.807, 2.05) is 12.4 Å². The monoisotopic (exact) mass is 241 g/mol. The van der Waals surface area contributed by atoms with E-state index in [2.05, 4.69) is 13.0 Å². The topological polar surface area (TPSA) is 40.5 Å². The Morgan fingerprint density at radius 1 is 1.62 bits per heavy atom. The number of aliphatic hydroxyl groups excluding tert-OH is 1. The van der Waals surface area contributed by atoms with Gasteiger partial charge in [-0.3, -0.25) is 4.79 Å². The molecule has 0 aliphatic carbocycles. The first kappa shape index (κ1) is 13.2. The van der Waals surface area contributed by atoms with Crippen LogP contribution in [0.5, 0.6) is 0 Å². The molecule has 0 radical (unpaired) electrons. The minimum atomic E-state index is -0.402. The second kappa shape index (κ2) is 6.01. The molecular weight excluding hydrogens is 222 g/mol. The van der Waals surface area contributed by atoms with Gasteiger partial charge in [0.25, 0.3) is 0 Å². The lowest BCUT2D eigenvalue weighted by Gasteiger charge is -2.17. The molecule has 90 valence electrons. The molecular formula is C12H19NO2S. The van der Waals surface area contributed by atoms with E-state index in [1.165, 1.54) is 10.4 Å². The summed E-state index contributed by atoms with van der Waals surface area (Å²) in [6.07, 6.45) is 0.548. The molecule has 1 aromatic heterocycles. The molecule has 1 N–H and O–H groups in total. The summed E-state index contributed by atoms with van der Waals surface area (Å²) in [5.41, 5.74) is 1.24. The fourth-order valence-electron chi connectivity index (χ4n) is 1.39. The third-order valence-corrected chi connectivity index (χ3v) is 3.56. The van der Waals surface area contributed by atoms with Crippen molar-refractivity contribution in [3.8, 4) is 0 Å². The lowest BCUT2D eigenvalue weighted by molar-refractivity contribution is -0.130. The summed E-state index contributed by atoms with van der Waals surface area (Å²) >= 11 is 1.68. The van der Waals surface area contributed by atoms with Crippen LogP contribution in [0.3, 0.4) is 0 Å². The van der Waals surface area contributed by atoms with Crippen LogP contribution in [-0.4, -0.2) is 29.1 Å². The van der Waals surface area contributed by atoms with Crippen LogP contribution in [-0.2, 0) is 11.3 Å². The molecule has 0 saturated heterocycles. The normalized spacial score (nSPS) is 12.5. The Morgan fingerprint density at radius 3 is 2.81 bits per heavy atom. The van der Waals surface area contributed by atoms with Gasteiger partial charge in [-0.25, -0.2) is 0 Å². The fourth-order valence-corrected chi connectivity index (χ4v) is 2.35. The molecule has 0 fully saturated rings. The fraction of sp³-hybridized carbons (Fsp3) is 0.583. The summed E-state index contributed by atoms with van der Waals surface area (Å²) in [5.74, 6) is 0.0914. The Labute approximate surface area is 101 Å². The van der Waals surface area contributed by atoms with E-state index in [1.54, 1.807) is 23.2 Å². The van der Waals surface area contributed by atoms with Crippen molar-refractivity contribution in [3.05, 3.63) is 21.9 Å². The van der Waals surface area contributed by atoms with Gasteiger partial charge in [0.2, 0.25) is 5.91 Å². The van der Waals surface area contributed by atoms with Crippen molar-refractivity contribution in [1.82, 2.24) is 4.90 Å². The van der Waals surface area contributed by atoms with E-state index < -0.39 is 6.10 Å². The van der Waals surface area contributed by atoms with Crippen LogP contribution in [0.25, 0.3) is 0 Å². The first-order valence-electron chi connectivity index (χ1n) is 5.45. The molecule has 1 amide bonds. The third kappa shape index (κ3) is 3.94. The van der Waals surface area contributed by atoms with Gasteiger partial charge in [-0.05, 0) is 37.3 Å². The van der Waals surface area contributed by atoms with Crippen LogP contribution in [0.2, 0.25) is 0 Å². The Bertz CT molecular complexity index is 347. The van der Waals surface area contributed by atoms with E-state index in [4.69, 9.17) is 5.11 Å². The minimum absolute atomic E-state index is 0.0914. The first-order chi connectivity index (χ1) is 7.50. The SMILES string of the molecule is Cc1ccsc1CN(C)C(=O)CCC(C)O. The van der Waals surface area contributed by atoms with Gasteiger partial charge in [0.05, 0.1) is 12.6 Å². The van der Waals surface area contributed by atoms with Crippen LogP contribution in [0.15, 0.2) is 11.4 Å². The molecule has 0 bridgehead atoms. The van der Waals surface area contributed by atoms with Crippen molar-refractivity contribution < 1.29 is 9.90 Å². The van der Waals surface area contributed by atoms with Crippen molar-refractivity contribution in [2.24, 2.45) is 0 Å². The summed E-state index contributed by atoms with van der Waals surface area (Å²) in [5, 5.41) is 11.2. The molecule has 1 unspecified atom stereocenters. The summed E-state index contributed by atoms with van der Waals surface area (Å²) in [6, 6.07) is 2.06. The maximum absolute atomic E-state index is 11.7. The van der Waals surface area contributed by atoms with Crippen LogP contribution < -0.4 is 0 Å². The Hall–Kier alpha value is -0.870. The third-order valence-electron chi connectivity index (χ3n) is 2.55. The van der Waals surface area contributed by atoms with E-state index in [0.29, 0.717) is 19.4 Å². The number of aliphatic hydroxyl groups is 1. The number of hydrogen-bond donors (Lipinski definition) is 1. The van der Waals surface area contributed by atoms with Crippen molar-refractivity contribution in [2.75, 3.05) is 7.05 Å². The van der Waals surface area contributed by atoms with Gasteiger partial charge in [0.1, 0.15) is 0 Å². The molecule has 3 nitrogen and oxygen atoms in total. The standard InChI is InChI=1S/C12H19NO2S/c1-9-6-7-16-11(9)8-13(3)12(15)5-4-10(2)14/h6-7,10,14H,4-5,8H2,1-3H3. The number of amides is 1. The molecule has 16 heavy (non-hydrogen) atoms. The largest absolute Gasteiger partial charge is 0.393 e. The van der Waals surface area contributed by atoms with Crippen LogP contribution in [0.4, 0.5) is 0 Å².